The monoisotopic (exact) mass is 382 g/mol. The molecule has 0 unspecified atom stereocenters. The molecule has 1 heterocycles. The Morgan fingerprint density at radius 2 is 1.73 bits per heavy atom. The van der Waals surface area contributed by atoms with Crippen LogP contribution >= 0.6 is 11.6 Å². The minimum Gasteiger partial charge on any atom is -0.455 e. The highest BCUT2D eigenvalue weighted by Gasteiger charge is 2.31. The first-order valence-corrected chi connectivity index (χ1v) is 7.72. The van der Waals surface area contributed by atoms with Crippen LogP contribution in [0.25, 0.3) is 11.3 Å². The first-order valence-electron chi connectivity index (χ1n) is 7.34. The molecular formula is C18H11ClF4N2O. The van der Waals surface area contributed by atoms with Crippen LogP contribution in [0.1, 0.15) is 11.3 Å². The van der Waals surface area contributed by atoms with Gasteiger partial charge in [0.15, 0.2) is 0 Å². The lowest BCUT2D eigenvalue weighted by molar-refractivity contribution is -0.137. The van der Waals surface area contributed by atoms with Gasteiger partial charge in [0, 0.05) is 5.56 Å². The second-order valence-electron chi connectivity index (χ2n) is 5.27. The molecule has 0 atom stereocenters. The molecule has 8 heteroatoms. The van der Waals surface area contributed by atoms with E-state index in [2.05, 4.69) is 10.5 Å². The summed E-state index contributed by atoms with van der Waals surface area (Å²) in [6, 6.07) is 11.6. The van der Waals surface area contributed by atoms with E-state index >= 15 is 0 Å². The van der Waals surface area contributed by atoms with E-state index in [-0.39, 0.29) is 22.2 Å². The van der Waals surface area contributed by atoms with Gasteiger partial charge in [0.05, 0.1) is 22.5 Å². The number of hydrogen-bond donors (Lipinski definition) is 1. The molecule has 134 valence electrons. The van der Waals surface area contributed by atoms with Gasteiger partial charge in [0.2, 0.25) is 0 Å². The Kier molecular flexibility index (Phi) is 4.99. The fraction of sp³-hybridized carbons (Fsp3) is 0.0556. The maximum absolute atomic E-state index is 12.8. The van der Waals surface area contributed by atoms with Crippen molar-refractivity contribution in [3.8, 4) is 11.3 Å². The average Bonchev–Trinajstić information content (AvgIpc) is 3.05. The number of halogens is 5. The van der Waals surface area contributed by atoms with Gasteiger partial charge in [-0.3, -0.25) is 5.43 Å². The van der Waals surface area contributed by atoms with Crippen molar-refractivity contribution in [2.75, 3.05) is 5.43 Å². The van der Waals surface area contributed by atoms with Crippen molar-refractivity contribution in [2.24, 2.45) is 5.10 Å². The molecule has 0 radical (unpaired) electrons. The molecule has 0 amide bonds. The Morgan fingerprint density at radius 3 is 2.42 bits per heavy atom. The van der Waals surface area contributed by atoms with Gasteiger partial charge < -0.3 is 4.42 Å². The number of benzene rings is 2. The van der Waals surface area contributed by atoms with Crippen molar-refractivity contribution in [3.05, 3.63) is 76.8 Å². The minimum atomic E-state index is -4.48. The van der Waals surface area contributed by atoms with Crippen LogP contribution in [0.4, 0.5) is 23.2 Å². The van der Waals surface area contributed by atoms with Gasteiger partial charge >= 0.3 is 6.18 Å². The van der Waals surface area contributed by atoms with Crippen LogP contribution in [0.5, 0.6) is 0 Å². The fourth-order valence-corrected chi connectivity index (χ4v) is 2.36. The third-order valence-corrected chi connectivity index (χ3v) is 3.75. The van der Waals surface area contributed by atoms with Crippen LogP contribution in [0.2, 0.25) is 5.02 Å². The van der Waals surface area contributed by atoms with Crippen LogP contribution in [0, 0.1) is 5.82 Å². The van der Waals surface area contributed by atoms with Crippen LogP contribution in [0.15, 0.2) is 64.1 Å². The number of rotatable bonds is 4. The van der Waals surface area contributed by atoms with E-state index in [1.807, 2.05) is 0 Å². The second kappa shape index (κ2) is 7.21. The Labute approximate surface area is 150 Å². The molecule has 0 spiro atoms. The highest BCUT2D eigenvalue weighted by atomic mass is 35.5. The van der Waals surface area contributed by atoms with Crippen LogP contribution < -0.4 is 5.43 Å². The van der Waals surface area contributed by atoms with Gasteiger partial charge in [-0.2, -0.15) is 18.3 Å². The highest BCUT2D eigenvalue weighted by molar-refractivity contribution is 6.33. The average molecular weight is 383 g/mol. The van der Waals surface area contributed by atoms with E-state index in [0.29, 0.717) is 11.4 Å². The molecule has 0 saturated heterocycles. The molecule has 2 aromatic carbocycles. The number of alkyl halides is 3. The molecular weight excluding hydrogens is 372 g/mol. The van der Waals surface area contributed by atoms with E-state index in [0.717, 1.165) is 12.1 Å². The van der Waals surface area contributed by atoms with Crippen molar-refractivity contribution < 1.29 is 22.0 Å². The molecule has 0 fully saturated rings. The van der Waals surface area contributed by atoms with E-state index in [1.54, 1.807) is 6.07 Å². The van der Waals surface area contributed by atoms with Crippen LogP contribution in [-0.4, -0.2) is 6.21 Å². The fourth-order valence-electron chi connectivity index (χ4n) is 2.15. The largest absolute Gasteiger partial charge is 0.455 e. The normalized spacial score (nSPS) is 11.9. The highest BCUT2D eigenvalue weighted by Crippen LogP contribution is 2.36. The molecule has 0 bridgehead atoms. The van der Waals surface area contributed by atoms with Crippen LogP contribution in [0.3, 0.4) is 0 Å². The summed E-state index contributed by atoms with van der Waals surface area (Å²) in [6.45, 7) is 0. The number of nitrogens with one attached hydrogen (secondary N) is 1. The lowest BCUT2D eigenvalue weighted by Crippen LogP contribution is -2.04. The third-order valence-electron chi connectivity index (χ3n) is 3.42. The zero-order chi connectivity index (χ0) is 18.7. The summed E-state index contributed by atoms with van der Waals surface area (Å²) in [6.07, 6.45) is -3.14. The smallest absolute Gasteiger partial charge is 0.416 e. The maximum atomic E-state index is 12.8. The lowest BCUT2D eigenvalue weighted by Gasteiger charge is -2.09. The predicted octanol–water partition coefficient (Wildman–Crippen LogP) is 6.20. The zero-order valence-electron chi connectivity index (χ0n) is 13.0. The Hall–Kier alpha value is -2.80. The minimum absolute atomic E-state index is 0.132. The summed E-state index contributed by atoms with van der Waals surface area (Å²) in [5, 5.41) is 4.06. The number of anilines is 1. The summed E-state index contributed by atoms with van der Waals surface area (Å²) in [7, 11) is 0. The second-order valence-corrected chi connectivity index (χ2v) is 5.68. The van der Waals surface area contributed by atoms with Crippen molar-refractivity contribution >= 4 is 23.5 Å². The van der Waals surface area contributed by atoms with E-state index in [9.17, 15) is 17.6 Å². The number of hydrogen-bond acceptors (Lipinski definition) is 3. The number of hydrazone groups is 1. The standard InChI is InChI=1S/C18H11ClF4N2O/c19-16-7-1-11(18(21,22)23)9-15(16)17-8-6-14(26-17)10-24-25-13-4-2-12(20)3-5-13/h1-10,25H. The quantitative estimate of drug-likeness (QED) is 0.331. The van der Waals surface area contributed by atoms with E-state index in [1.165, 1.54) is 42.6 Å². The van der Waals surface area contributed by atoms with E-state index < -0.39 is 11.7 Å². The molecule has 0 aliphatic carbocycles. The van der Waals surface area contributed by atoms with Gasteiger partial charge in [-0.05, 0) is 54.6 Å². The van der Waals surface area contributed by atoms with Crippen molar-refractivity contribution in [2.45, 2.75) is 6.18 Å². The lowest BCUT2D eigenvalue weighted by atomic mass is 10.1. The van der Waals surface area contributed by atoms with E-state index in [4.69, 9.17) is 16.0 Å². The topological polar surface area (TPSA) is 37.5 Å². The molecule has 3 rings (SSSR count). The SMILES string of the molecule is Fc1ccc(NN=Cc2ccc(-c3cc(C(F)(F)F)ccc3Cl)o2)cc1. The zero-order valence-corrected chi connectivity index (χ0v) is 13.8. The van der Waals surface area contributed by atoms with Crippen molar-refractivity contribution in [3.63, 3.8) is 0 Å². The summed E-state index contributed by atoms with van der Waals surface area (Å²) in [5.41, 5.74) is 2.56. The first kappa shape index (κ1) is 18.0. The van der Waals surface area contributed by atoms with Crippen LogP contribution in [-0.2, 0) is 6.18 Å². The molecule has 0 aliphatic rings. The predicted molar refractivity (Wildman–Crippen MR) is 91.8 cm³/mol. The summed E-state index contributed by atoms with van der Waals surface area (Å²) in [4.78, 5) is 0. The summed E-state index contributed by atoms with van der Waals surface area (Å²) >= 11 is 5.98. The summed E-state index contributed by atoms with van der Waals surface area (Å²) in [5.74, 6) is 0.126. The molecule has 26 heavy (non-hydrogen) atoms. The molecule has 1 aromatic heterocycles. The van der Waals surface area contributed by atoms with Gasteiger partial charge in [-0.25, -0.2) is 4.39 Å². The maximum Gasteiger partial charge on any atom is 0.416 e. The molecule has 1 N–H and O–H groups in total. The Balaban J connectivity index is 1.77. The Morgan fingerprint density at radius 1 is 1.00 bits per heavy atom. The number of nitrogens with zero attached hydrogens (tertiary/aromatic N) is 1. The van der Waals surface area contributed by atoms with Gasteiger partial charge in [0.1, 0.15) is 17.3 Å². The molecule has 3 aromatic rings. The van der Waals surface area contributed by atoms with Gasteiger partial charge in [-0.1, -0.05) is 11.6 Å². The molecule has 0 aliphatic heterocycles. The molecule has 3 nitrogen and oxygen atoms in total. The third kappa shape index (κ3) is 4.23. The van der Waals surface area contributed by atoms with Gasteiger partial charge in [0.25, 0.3) is 0 Å². The first-order chi connectivity index (χ1) is 12.3. The van der Waals surface area contributed by atoms with Crippen molar-refractivity contribution in [1.29, 1.82) is 0 Å². The Bertz CT molecular complexity index is 933. The van der Waals surface area contributed by atoms with Crippen molar-refractivity contribution in [1.82, 2.24) is 0 Å². The molecule has 0 saturated carbocycles. The number of furan rings is 1. The summed E-state index contributed by atoms with van der Waals surface area (Å²) < 4.78 is 56.8. The van der Waals surface area contributed by atoms with Gasteiger partial charge in [-0.15, -0.1) is 0 Å².